The van der Waals surface area contributed by atoms with Gasteiger partial charge in [-0.3, -0.25) is 0 Å². The van der Waals surface area contributed by atoms with Gasteiger partial charge in [0.15, 0.2) is 0 Å². The summed E-state index contributed by atoms with van der Waals surface area (Å²) in [6.07, 6.45) is 2.37. The van der Waals surface area contributed by atoms with Crippen molar-refractivity contribution in [3.05, 3.63) is 0 Å². The molecule has 0 bridgehead atoms. The van der Waals surface area contributed by atoms with Crippen LogP contribution in [0.5, 0.6) is 0 Å². The molecule has 4 nitrogen and oxygen atoms in total. The first kappa shape index (κ1) is 19.1. The van der Waals surface area contributed by atoms with Crippen LogP contribution in [0.15, 0.2) is 0 Å². The van der Waals surface area contributed by atoms with E-state index in [1.54, 1.807) is 0 Å². The number of rotatable bonds is 13. The van der Waals surface area contributed by atoms with E-state index in [0.29, 0.717) is 19.8 Å². The van der Waals surface area contributed by atoms with Gasteiger partial charge in [0.05, 0.1) is 0 Å². The first-order valence-electron chi connectivity index (χ1n) is 7.82. The van der Waals surface area contributed by atoms with Crippen LogP contribution in [-0.4, -0.2) is 53.2 Å². The Morgan fingerprint density at radius 1 is 0.684 bits per heavy atom. The van der Waals surface area contributed by atoms with Crippen molar-refractivity contribution in [1.82, 2.24) is 4.90 Å². The Morgan fingerprint density at radius 3 is 1.42 bits per heavy atom. The lowest BCUT2D eigenvalue weighted by molar-refractivity contribution is 0.0680. The van der Waals surface area contributed by atoms with Gasteiger partial charge in [0.25, 0.3) is 0 Å². The molecule has 0 aliphatic heterocycles. The predicted octanol–water partition coefficient (Wildman–Crippen LogP) is 3.16. The molecule has 0 spiro atoms. The van der Waals surface area contributed by atoms with Gasteiger partial charge < -0.3 is 18.2 Å². The number of hydrogen-bond donors (Lipinski definition) is 0. The summed E-state index contributed by atoms with van der Waals surface area (Å²) in [6.45, 7) is 15.7. The molecule has 0 N–H and O–H groups in total. The third-order valence-electron chi connectivity index (χ3n) is 2.91. The number of hydrogen-bond acceptors (Lipinski definition) is 4. The molecule has 0 aromatic rings. The normalized spacial score (nSPS) is 12.3. The van der Waals surface area contributed by atoms with E-state index < -0.39 is 8.80 Å². The molecule has 0 radical (unpaired) electrons. The molecule has 0 aliphatic carbocycles. The van der Waals surface area contributed by atoms with Crippen molar-refractivity contribution in [1.29, 1.82) is 0 Å². The fourth-order valence-electron chi connectivity index (χ4n) is 2.26. The average Bonchev–Trinajstić information content (AvgIpc) is 2.37. The van der Waals surface area contributed by atoms with E-state index in [0.717, 1.165) is 25.7 Å². The highest BCUT2D eigenvalue weighted by Gasteiger charge is 2.40. The lowest BCUT2D eigenvalue weighted by atomic mass is 10.3. The SMILES string of the molecule is CCCN(CCC)CC[Si](OCC)(OCC)OCC. The third kappa shape index (κ3) is 8.04. The maximum absolute atomic E-state index is 5.88. The molecule has 116 valence electrons. The van der Waals surface area contributed by atoms with Gasteiger partial charge in [0, 0.05) is 32.4 Å². The molecule has 0 aromatic heterocycles. The van der Waals surface area contributed by atoms with Crippen LogP contribution in [0.3, 0.4) is 0 Å². The van der Waals surface area contributed by atoms with Gasteiger partial charge >= 0.3 is 8.80 Å². The van der Waals surface area contributed by atoms with Crippen molar-refractivity contribution in [2.24, 2.45) is 0 Å². The van der Waals surface area contributed by atoms with Crippen molar-refractivity contribution in [3.63, 3.8) is 0 Å². The van der Waals surface area contributed by atoms with Crippen LogP contribution in [0.1, 0.15) is 47.5 Å². The van der Waals surface area contributed by atoms with Gasteiger partial charge in [0.2, 0.25) is 0 Å². The summed E-state index contributed by atoms with van der Waals surface area (Å²) in [7, 11) is -2.46. The van der Waals surface area contributed by atoms with Crippen LogP contribution in [0.4, 0.5) is 0 Å². The largest absolute Gasteiger partial charge is 0.502 e. The highest BCUT2D eigenvalue weighted by Crippen LogP contribution is 2.17. The summed E-state index contributed by atoms with van der Waals surface area (Å²) in [5, 5.41) is 0. The van der Waals surface area contributed by atoms with E-state index in [1.807, 2.05) is 20.8 Å². The van der Waals surface area contributed by atoms with Gasteiger partial charge in [-0.05, 0) is 46.7 Å². The maximum atomic E-state index is 5.88. The van der Waals surface area contributed by atoms with Crippen molar-refractivity contribution in [2.45, 2.75) is 53.5 Å². The van der Waals surface area contributed by atoms with Crippen LogP contribution in [0.2, 0.25) is 6.04 Å². The topological polar surface area (TPSA) is 30.9 Å². The summed E-state index contributed by atoms with van der Waals surface area (Å²) < 4.78 is 17.7. The zero-order chi connectivity index (χ0) is 14.6. The molecular weight excluding hydrogens is 258 g/mol. The Bertz CT molecular complexity index is 182. The quantitative estimate of drug-likeness (QED) is 0.488. The molecular formula is C14H33NO3Si. The lowest BCUT2D eigenvalue weighted by Crippen LogP contribution is -2.48. The summed E-state index contributed by atoms with van der Waals surface area (Å²) in [5.74, 6) is 0. The zero-order valence-electron chi connectivity index (χ0n) is 13.5. The highest BCUT2D eigenvalue weighted by atomic mass is 28.4. The van der Waals surface area contributed by atoms with Crippen LogP contribution < -0.4 is 0 Å². The smallest absolute Gasteiger partial charge is 0.374 e. The molecule has 0 atom stereocenters. The minimum absolute atomic E-state index is 0.660. The molecule has 0 fully saturated rings. The van der Waals surface area contributed by atoms with E-state index in [1.165, 1.54) is 12.8 Å². The van der Waals surface area contributed by atoms with Crippen LogP contribution in [-0.2, 0) is 13.3 Å². The second-order valence-electron chi connectivity index (χ2n) is 4.57. The molecule has 0 aliphatic rings. The Balaban J connectivity index is 4.49. The molecule has 0 saturated carbocycles. The monoisotopic (exact) mass is 291 g/mol. The first-order valence-corrected chi connectivity index (χ1v) is 9.75. The van der Waals surface area contributed by atoms with Crippen LogP contribution >= 0.6 is 0 Å². The molecule has 0 aromatic carbocycles. The standard InChI is InChI=1S/C14H33NO3Si/c1-6-11-15(12-7-2)13-14-19(16-8-3,17-9-4)18-10-5/h6-14H2,1-5H3. The molecule has 0 saturated heterocycles. The van der Waals surface area contributed by atoms with E-state index in [9.17, 15) is 0 Å². The lowest BCUT2D eigenvalue weighted by Gasteiger charge is -2.31. The molecule has 0 amide bonds. The summed E-state index contributed by atoms with van der Waals surface area (Å²) in [4.78, 5) is 2.48. The summed E-state index contributed by atoms with van der Waals surface area (Å²) in [5.41, 5.74) is 0. The van der Waals surface area contributed by atoms with Crippen LogP contribution in [0, 0.1) is 0 Å². The molecule has 19 heavy (non-hydrogen) atoms. The predicted molar refractivity (Wildman–Crippen MR) is 82.5 cm³/mol. The van der Waals surface area contributed by atoms with E-state index in [2.05, 4.69) is 18.7 Å². The fraction of sp³-hybridized carbons (Fsp3) is 1.00. The van der Waals surface area contributed by atoms with E-state index >= 15 is 0 Å². The minimum Gasteiger partial charge on any atom is -0.374 e. The average molecular weight is 292 g/mol. The minimum atomic E-state index is -2.46. The van der Waals surface area contributed by atoms with Crippen molar-refractivity contribution >= 4 is 8.80 Å². The van der Waals surface area contributed by atoms with Gasteiger partial charge in [-0.15, -0.1) is 0 Å². The first-order chi connectivity index (χ1) is 9.17. The van der Waals surface area contributed by atoms with Gasteiger partial charge in [-0.25, -0.2) is 0 Å². The van der Waals surface area contributed by atoms with Gasteiger partial charge in [-0.2, -0.15) is 0 Å². The Kier molecular flexibility index (Phi) is 11.9. The Morgan fingerprint density at radius 2 is 1.11 bits per heavy atom. The Labute approximate surface area is 120 Å². The van der Waals surface area contributed by atoms with Crippen molar-refractivity contribution in [2.75, 3.05) is 39.5 Å². The summed E-state index contributed by atoms with van der Waals surface area (Å²) in [6, 6.07) is 0.891. The van der Waals surface area contributed by atoms with E-state index in [4.69, 9.17) is 13.3 Å². The molecule has 5 heteroatoms. The summed E-state index contributed by atoms with van der Waals surface area (Å²) >= 11 is 0. The molecule has 0 unspecified atom stereocenters. The number of nitrogens with zero attached hydrogens (tertiary/aromatic N) is 1. The van der Waals surface area contributed by atoms with Crippen molar-refractivity contribution in [3.8, 4) is 0 Å². The molecule has 0 heterocycles. The van der Waals surface area contributed by atoms with Crippen LogP contribution in [0.25, 0.3) is 0 Å². The van der Waals surface area contributed by atoms with Gasteiger partial charge in [-0.1, -0.05) is 13.8 Å². The van der Waals surface area contributed by atoms with Crippen molar-refractivity contribution < 1.29 is 13.3 Å². The molecule has 0 rings (SSSR count). The fourth-order valence-corrected chi connectivity index (χ4v) is 4.86. The second kappa shape index (κ2) is 11.8. The highest BCUT2D eigenvalue weighted by molar-refractivity contribution is 6.60. The zero-order valence-corrected chi connectivity index (χ0v) is 14.5. The third-order valence-corrected chi connectivity index (χ3v) is 5.93. The second-order valence-corrected chi connectivity index (χ2v) is 7.31. The Hall–Kier alpha value is 0.0569. The van der Waals surface area contributed by atoms with Gasteiger partial charge in [0.1, 0.15) is 0 Å². The van der Waals surface area contributed by atoms with E-state index in [-0.39, 0.29) is 0 Å². The maximum Gasteiger partial charge on any atom is 0.502 e.